The molecule has 3 atom stereocenters. The fourth-order valence-electron chi connectivity index (χ4n) is 3.92. The van der Waals surface area contributed by atoms with Crippen molar-refractivity contribution < 1.29 is 23.5 Å². The molecule has 1 aliphatic heterocycles. The van der Waals surface area contributed by atoms with Crippen molar-refractivity contribution in [3.63, 3.8) is 0 Å². The molecule has 6 nitrogen and oxygen atoms in total. The average molecular weight is 388 g/mol. The summed E-state index contributed by atoms with van der Waals surface area (Å²) in [5.74, 6) is -1.35. The smallest absolute Gasteiger partial charge is 0.379 e. The van der Waals surface area contributed by atoms with Gasteiger partial charge in [-0.2, -0.15) is 0 Å². The maximum atomic E-state index is 13.0. The first-order valence-corrected chi connectivity index (χ1v) is 9.26. The lowest BCUT2D eigenvalue weighted by Gasteiger charge is -2.25. The Hall–Kier alpha value is -2.60. The first kappa shape index (κ1) is 17.8. The van der Waals surface area contributed by atoms with Gasteiger partial charge in [0.2, 0.25) is 17.6 Å². The predicted octanol–water partition coefficient (Wildman–Crippen LogP) is 4.08. The van der Waals surface area contributed by atoms with Crippen LogP contribution in [0.4, 0.5) is 5.69 Å². The number of hydrogen-bond donors (Lipinski definition) is 0. The molecule has 0 spiro atoms. The first-order chi connectivity index (χ1) is 13.0. The van der Waals surface area contributed by atoms with E-state index in [2.05, 4.69) is 6.92 Å². The quantitative estimate of drug-likeness (QED) is 0.450. The van der Waals surface area contributed by atoms with Gasteiger partial charge in [0.25, 0.3) is 0 Å². The van der Waals surface area contributed by atoms with Crippen molar-refractivity contribution in [2.75, 3.05) is 4.90 Å². The molecule has 27 heavy (non-hydrogen) atoms. The molecule has 0 N–H and O–H groups in total. The summed E-state index contributed by atoms with van der Waals surface area (Å²) in [6.45, 7) is 2.09. The Kier molecular flexibility index (Phi) is 4.52. The van der Waals surface area contributed by atoms with Crippen molar-refractivity contribution in [3.05, 3.63) is 47.4 Å². The van der Waals surface area contributed by atoms with Crippen LogP contribution in [0.2, 0.25) is 5.02 Å². The number of furan rings is 1. The molecule has 1 aromatic carbocycles. The minimum Gasteiger partial charge on any atom is -0.457 e. The van der Waals surface area contributed by atoms with Crippen LogP contribution in [0.15, 0.2) is 41.0 Å². The molecule has 2 heterocycles. The number of esters is 1. The number of halogens is 1. The van der Waals surface area contributed by atoms with Gasteiger partial charge < -0.3 is 9.15 Å². The van der Waals surface area contributed by atoms with Crippen LogP contribution < -0.4 is 9.64 Å². The van der Waals surface area contributed by atoms with Gasteiger partial charge in [0.1, 0.15) is 0 Å². The van der Waals surface area contributed by atoms with Gasteiger partial charge >= 0.3 is 5.97 Å². The van der Waals surface area contributed by atoms with Crippen LogP contribution in [-0.4, -0.2) is 17.8 Å². The van der Waals surface area contributed by atoms with E-state index >= 15 is 0 Å². The van der Waals surface area contributed by atoms with Crippen molar-refractivity contribution in [3.8, 4) is 5.75 Å². The molecule has 2 aromatic rings. The topological polar surface area (TPSA) is 76.8 Å². The predicted molar refractivity (Wildman–Crippen MR) is 97.6 cm³/mol. The van der Waals surface area contributed by atoms with Gasteiger partial charge in [-0.1, -0.05) is 18.5 Å². The van der Waals surface area contributed by atoms with Crippen molar-refractivity contribution in [1.29, 1.82) is 0 Å². The largest absolute Gasteiger partial charge is 0.457 e. The second-order valence-corrected chi connectivity index (χ2v) is 7.56. The van der Waals surface area contributed by atoms with Crippen molar-refractivity contribution in [2.45, 2.75) is 26.2 Å². The summed E-state index contributed by atoms with van der Waals surface area (Å²) in [5.41, 5.74) is 0.194. The van der Waals surface area contributed by atoms with Gasteiger partial charge in [-0.25, -0.2) is 9.69 Å². The lowest BCUT2D eigenvalue weighted by Crippen LogP contribution is -2.31. The number of anilines is 1. The lowest BCUT2D eigenvalue weighted by molar-refractivity contribution is -0.122. The van der Waals surface area contributed by atoms with E-state index in [0.29, 0.717) is 23.8 Å². The molecule has 0 unspecified atom stereocenters. The van der Waals surface area contributed by atoms with Crippen molar-refractivity contribution in [1.82, 2.24) is 0 Å². The Morgan fingerprint density at radius 1 is 1.19 bits per heavy atom. The van der Waals surface area contributed by atoms with E-state index in [0.717, 1.165) is 11.3 Å². The summed E-state index contributed by atoms with van der Waals surface area (Å²) in [6.07, 6.45) is 3.66. The number of imide groups is 1. The number of nitrogens with zero attached hydrogens (tertiary/aromatic N) is 1. The van der Waals surface area contributed by atoms with Gasteiger partial charge in [-0.15, -0.1) is 0 Å². The maximum Gasteiger partial charge on any atom is 0.379 e. The maximum absolute atomic E-state index is 13.0. The fourth-order valence-corrected chi connectivity index (χ4v) is 4.09. The van der Waals surface area contributed by atoms with Crippen LogP contribution >= 0.6 is 11.6 Å². The van der Waals surface area contributed by atoms with Gasteiger partial charge in [-0.05, 0) is 55.5 Å². The third-order valence-corrected chi connectivity index (χ3v) is 5.51. The molecule has 2 aliphatic rings. The molecule has 2 fully saturated rings. The molecule has 2 amide bonds. The van der Waals surface area contributed by atoms with Gasteiger partial charge in [0, 0.05) is 5.02 Å². The van der Waals surface area contributed by atoms with Crippen molar-refractivity contribution in [2.24, 2.45) is 17.8 Å². The zero-order valence-corrected chi connectivity index (χ0v) is 15.4. The number of carbonyl (C=O) groups excluding carboxylic acids is 3. The van der Waals surface area contributed by atoms with Crippen LogP contribution in [0.5, 0.6) is 5.75 Å². The van der Waals surface area contributed by atoms with E-state index in [4.69, 9.17) is 20.8 Å². The molecule has 4 rings (SSSR count). The van der Waals surface area contributed by atoms with Crippen LogP contribution in [0.3, 0.4) is 0 Å². The Morgan fingerprint density at radius 3 is 2.70 bits per heavy atom. The molecule has 0 bridgehead atoms. The molecular weight excluding hydrogens is 370 g/mol. The van der Waals surface area contributed by atoms with E-state index in [1.807, 2.05) is 0 Å². The summed E-state index contributed by atoms with van der Waals surface area (Å²) in [5, 5.41) is 0.339. The second kappa shape index (κ2) is 6.85. The molecule has 7 heteroatoms. The summed E-state index contributed by atoms with van der Waals surface area (Å²) < 4.78 is 10.4. The zero-order chi connectivity index (χ0) is 19.1. The molecule has 140 valence electrons. The van der Waals surface area contributed by atoms with E-state index < -0.39 is 5.97 Å². The van der Waals surface area contributed by atoms with E-state index in [9.17, 15) is 14.4 Å². The van der Waals surface area contributed by atoms with Gasteiger partial charge in [-0.3, -0.25) is 9.59 Å². The number of fused-ring (bicyclic) bond motifs is 1. The number of rotatable bonds is 3. The average Bonchev–Trinajstić information content (AvgIpc) is 3.25. The number of carbonyl (C=O) groups is 3. The zero-order valence-electron chi connectivity index (χ0n) is 14.7. The van der Waals surface area contributed by atoms with E-state index in [1.165, 1.54) is 30.5 Å². The molecule has 1 aromatic heterocycles. The molecule has 1 aliphatic carbocycles. The third kappa shape index (κ3) is 3.14. The van der Waals surface area contributed by atoms with Gasteiger partial charge in [0.05, 0.1) is 23.8 Å². The number of ether oxygens (including phenoxy) is 1. The third-order valence-electron chi connectivity index (χ3n) is 5.27. The van der Waals surface area contributed by atoms with E-state index in [1.54, 1.807) is 6.07 Å². The van der Waals surface area contributed by atoms with E-state index in [-0.39, 0.29) is 40.8 Å². The molecule has 1 saturated heterocycles. The highest BCUT2D eigenvalue weighted by Gasteiger charge is 2.50. The van der Waals surface area contributed by atoms with Crippen LogP contribution in [-0.2, 0) is 9.59 Å². The SMILES string of the molecule is C[C@@H]1CC[C@@H]2C(=O)N(c3cc(Cl)ccc3OC(=O)c3ccco3)C(=O)[C@@H]2C1. The molecular formula is C20H18ClNO5. The summed E-state index contributed by atoms with van der Waals surface area (Å²) >= 11 is 6.09. The number of benzene rings is 1. The highest BCUT2D eigenvalue weighted by atomic mass is 35.5. The summed E-state index contributed by atoms with van der Waals surface area (Å²) in [6, 6.07) is 7.53. The highest BCUT2D eigenvalue weighted by Crippen LogP contribution is 2.44. The van der Waals surface area contributed by atoms with Crippen molar-refractivity contribution >= 4 is 35.1 Å². The summed E-state index contributed by atoms with van der Waals surface area (Å²) in [4.78, 5) is 39.3. The van der Waals surface area contributed by atoms with Crippen LogP contribution in [0.25, 0.3) is 0 Å². The fraction of sp³-hybridized carbons (Fsp3) is 0.350. The Balaban J connectivity index is 1.69. The Labute approximate surface area is 161 Å². The minimum atomic E-state index is -0.714. The second-order valence-electron chi connectivity index (χ2n) is 7.12. The minimum absolute atomic E-state index is 0.0254. The van der Waals surface area contributed by atoms with Crippen LogP contribution in [0, 0.1) is 17.8 Å². The Morgan fingerprint density at radius 2 is 1.96 bits per heavy atom. The standard InChI is InChI=1S/C20H18ClNO5/c1-11-4-6-13-14(9-11)19(24)22(18(13)23)15-10-12(21)5-7-16(15)27-20(25)17-3-2-8-26-17/h2-3,5,7-8,10-11,13-14H,4,6,9H2,1H3/t11-,13+,14-/m1/s1. The van der Waals surface area contributed by atoms with Crippen LogP contribution in [0.1, 0.15) is 36.7 Å². The molecule has 1 saturated carbocycles. The Bertz CT molecular complexity index is 907. The lowest BCUT2D eigenvalue weighted by atomic mass is 9.76. The first-order valence-electron chi connectivity index (χ1n) is 8.88. The highest BCUT2D eigenvalue weighted by molar-refractivity contribution is 6.31. The van der Waals surface area contributed by atoms with Gasteiger partial charge in [0.15, 0.2) is 5.75 Å². The molecule has 0 radical (unpaired) electrons. The number of amides is 2. The number of hydrogen-bond acceptors (Lipinski definition) is 5. The monoisotopic (exact) mass is 387 g/mol. The summed E-state index contributed by atoms with van der Waals surface area (Å²) in [7, 11) is 0. The normalized spacial score (nSPS) is 24.8.